The number of hydrogen-bond acceptors (Lipinski definition) is 4. The first-order valence-corrected chi connectivity index (χ1v) is 8.56. The maximum Gasteiger partial charge on any atom is 0.342 e. The minimum absolute atomic E-state index is 0.305. The summed E-state index contributed by atoms with van der Waals surface area (Å²) in [4.78, 5) is 17.0. The number of nitrogens with zero attached hydrogens (tertiary/aromatic N) is 1. The lowest BCUT2D eigenvalue weighted by Gasteiger charge is -2.04. The topological polar surface area (TPSA) is 51.8 Å². The third-order valence-electron chi connectivity index (χ3n) is 4.02. The molecule has 1 heterocycles. The van der Waals surface area contributed by atoms with E-state index in [1.165, 1.54) is 5.56 Å². The molecule has 0 aliphatic heterocycles. The van der Waals surface area contributed by atoms with Crippen LogP contribution >= 0.6 is 0 Å². The van der Waals surface area contributed by atoms with E-state index in [1.54, 1.807) is 20.1 Å². The molecule has 3 aromatic rings. The number of aryl methyl sites for hydroxylation is 2. The van der Waals surface area contributed by atoms with Crippen molar-refractivity contribution < 1.29 is 13.9 Å². The number of esters is 1. The zero-order valence-electron chi connectivity index (χ0n) is 15.2. The van der Waals surface area contributed by atoms with Crippen LogP contribution < -0.4 is 0 Å². The Morgan fingerprint density at radius 1 is 1.08 bits per heavy atom. The molecule has 26 heavy (non-hydrogen) atoms. The van der Waals surface area contributed by atoms with Crippen molar-refractivity contribution in [3.63, 3.8) is 0 Å². The smallest absolute Gasteiger partial charge is 0.342 e. The quantitative estimate of drug-likeness (QED) is 0.453. The largest absolute Gasteiger partial charge is 0.462 e. The molecule has 0 unspecified atom stereocenters. The molecule has 0 atom stereocenters. The fraction of sp³-hybridized carbons (Fsp3) is 0.182. The Kier molecular flexibility index (Phi) is 5.32. The zero-order valence-corrected chi connectivity index (χ0v) is 15.2. The monoisotopic (exact) mass is 347 g/mol. The van der Waals surface area contributed by atoms with Gasteiger partial charge in [-0.25, -0.2) is 9.79 Å². The van der Waals surface area contributed by atoms with E-state index in [9.17, 15) is 4.79 Å². The van der Waals surface area contributed by atoms with Crippen LogP contribution in [-0.2, 0) is 4.74 Å². The number of hydrogen-bond donors (Lipinski definition) is 0. The molecule has 4 nitrogen and oxygen atoms in total. The summed E-state index contributed by atoms with van der Waals surface area (Å²) in [5, 5.41) is 0. The van der Waals surface area contributed by atoms with E-state index in [2.05, 4.69) is 4.99 Å². The molecule has 3 rings (SSSR count). The molecule has 0 N–H and O–H groups in total. The van der Waals surface area contributed by atoms with Gasteiger partial charge in [0.15, 0.2) is 0 Å². The van der Waals surface area contributed by atoms with E-state index in [0.29, 0.717) is 29.4 Å². The fourth-order valence-electron chi connectivity index (χ4n) is 2.73. The molecule has 0 aliphatic carbocycles. The van der Waals surface area contributed by atoms with E-state index in [4.69, 9.17) is 9.15 Å². The van der Waals surface area contributed by atoms with Gasteiger partial charge in [-0.05, 0) is 31.9 Å². The van der Waals surface area contributed by atoms with Gasteiger partial charge in [0.2, 0.25) is 5.88 Å². The maximum absolute atomic E-state index is 12.5. The Morgan fingerprint density at radius 2 is 1.77 bits per heavy atom. The zero-order chi connectivity index (χ0) is 18.5. The lowest BCUT2D eigenvalue weighted by atomic mass is 10.0. The van der Waals surface area contributed by atoms with Crippen molar-refractivity contribution in [1.29, 1.82) is 0 Å². The van der Waals surface area contributed by atoms with E-state index in [1.807, 2.05) is 61.5 Å². The number of carbonyl (C=O) groups is 1. The molecular formula is C22H21NO3. The van der Waals surface area contributed by atoms with Gasteiger partial charge in [0.05, 0.1) is 12.2 Å². The molecule has 2 aromatic carbocycles. The Morgan fingerprint density at radius 3 is 2.42 bits per heavy atom. The lowest BCUT2D eigenvalue weighted by molar-refractivity contribution is 0.0525. The molecule has 0 spiro atoms. The lowest BCUT2D eigenvalue weighted by Crippen LogP contribution is -2.06. The number of ether oxygens (including phenoxy) is 1. The van der Waals surface area contributed by atoms with Crippen LogP contribution in [0.2, 0.25) is 0 Å². The van der Waals surface area contributed by atoms with Crippen LogP contribution in [0.3, 0.4) is 0 Å². The molecule has 0 bridgehead atoms. The highest BCUT2D eigenvalue weighted by Gasteiger charge is 2.25. The second kappa shape index (κ2) is 7.83. The minimum atomic E-state index is -0.399. The second-order valence-corrected chi connectivity index (χ2v) is 5.97. The van der Waals surface area contributed by atoms with Crippen molar-refractivity contribution in [3.8, 4) is 11.1 Å². The predicted octanol–water partition coefficient (Wildman–Crippen LogP) is 5.49. The molecule has 1 aromatic heterocycles. The van der Waals surface area contributed by atoms with Crippen molar-refractivity contribution in [2.75, 3.05) is 6.61 Å². The van der Waals surface area contributed by atoms with E-state index in [0.717, 1.165) is 11.1 Å². The van der Waals surface area contributed by atoms with Crippen molar-refractivity contribution in [2.45, 2.75) is 20.8 Å². The molecule has 0 fully saturated rings. The summed E-state index contributed by atoms with van der Waals surface area (Å²) in [6.07, 6.45) is 1.74. The molecular weight excluding hydrogens is 326 g/mol. The first-order valence-electron chi connectivity index (χ1n) is 8.56. The summed E-state index contributed by atoms with van der Waals surface area (Å²) >= 11 is 0. The molecule has 0 saturated carbocycles. The third kappa shape index (κ3) is 3.75. The average Bonchev–Trinajstić information content (AvgIpc) is 2.98. The van der Waals surface area contributed by atoms with E-state index in [-0.39, 0.29) is 0 Å². The van der Waals surface area contributed by atoms with Crippen molar-refractivity contribution in [1.82, 2.24) is 0 Å². The third-order valence-corrected chi connectivity index (χ3v) is 4.02. The summed E-state index contributed by atoms with van der Waals surface area (Å²) in [5.74, 6) is 0.500. The molecule has 0 aliphatic rings. The Balaban J connectivity index is 2.08. The van der Waals surface area contributed by atoms with Gasteiger partial charge in [-0.15, -0.1) is 0 Å². The van der Waals surface area contributed by atoms with Crippen LogP contribution in [0.1, 0.15) is 34.2 Å². The minimum Gasteiger partial charge on any atom is -0.462 e. The van der Waals surface area contributed by atoms with E-state index < -0.39 is 5.97 Å². The summed E-state index contributed by atoms with van der Waals surface area (Å²) < 4.78 is 11.0. The van der Waals surface area contributed by atoms with Crippen molar-refractivity contribution in [3.05, 3.63) is 77.0 Å². The van der Waals surface area contributed by atoms with Crippen molar-refractivity contribution >= 4 is 18.1 Å². The number of furan rings is 1. The van der Waals surface area contributed by atoms with Gasteiger partial charge in [0.25, 0.3) is 0 Å². The molecule has 132 valence electrons. The first kappa shape index (κ1) is 17.7. The van der Waals surface area contributed by atoms with Crippen LogP contribution in [-0.4, -0.2) is 18.8 Å². The van der Waals surface area contributed by atoms with Crippen LogP contribution in [0, 0.1) is 13.8 Å². The fourth-order valence-corrected chi connectivity index (χ4v) is 2.73. The highest BCUT2D eigenvalue weighted by Crippen LogP contribution is 2.38. The van der Waals surface area contributed by atoms with Gasteiger partial charge in [0, 0.05) is 6.21 Å². The van der Waals surface area contributed by atoms with Crippen LogP contribution in [0.4, 0.5) is 5.88 Å². The van der Waals surface area contributed by atoms with Gasteiger partial charge in [-0.2, -0.15) is 0 Å². The highest BCUT2D eigenvalue weighted by atomic mass is 16.5. The summed E-state index contributed by atoms with van der Waals surface area (Å²) in [6, 6.07) is 17.6. The van der Waals surface area contributed by atoms with E-state index >= 15 is 0 Å². The first-order chi connectivity index (χ1) is 12.6. The Hall–Kier alpha value is -3.14. The number of aliphatic imine (C=N–C) groups is 1. The normalized spacial score (nSPS) is 11.0. The van der Waals surface area contributed by atoms with Crippen LogP contribution in [0.5, 0.6) is 0 Å². The van der Waals surface area contributed by atoms with Gasteiger partial charge < -0.3 is 9.15 Å². The standard InChI is InChI=1S/C22H21NO3/c1-4-25-22(24)19-16(3)26-21(20(19)18-8-6-5-7-9-18)23-14-17-12-10-15(2)11-13-17/h5-14H,4H2,1-3H3/b23-14+. The average molecular weight is 347 g/mol. The van der Waals surface area contributed by atoms with Crippen molar-refractivity contribution in [2.24, 2.45) is 4.99 Å². The summed E-state index contributed by atoms with van der Waals surface area (Å²) in [7, 11) is 0. The SMILES string of the molecule is CCOC(=O)c1c(C)oc(/N=C/c2ccc(C)cc2)c1-c1ccccc1. The molecule has 4 heteroatoms. The summed E-state index contributed by atoms with van der Waals surface area (Å²) in [5.41, 5.74) is 4.09. The molecule has 0 saturated heterocycles. The van der Waals surface area contributed by atoms with Gasteiger partial charge in [-0.1, -0.05) is 60.2 Å². The van der Waals surface area contributed by atoms with Gasteiger partial charge in [0.1, 0.15) is 11.3 Å². The Bertz CT molecular complexity index is 922. The van der Waals surface area contributed by atoms with Crippen LogP contribution in [0.25, 0.3) is 11.1 Å². The number of benzene rings is 2. The number of rotatable bonds is 5. The van der Waals surface area contributed by atoms with Crippen LogP contribution in [0.15, 0.2) is 64.0 Å². The Labute approximate surface area is 153 Å². The molecule has 0 radical (unpaired) electrons. The second-order valence-electron chi connectivity index (χ2n) is 5.97. The highest BCUT2D eigenvalue weighted by molar-refractivity contribution is 6.01. The molecule has 0 amide bonds. The number of carbonyl (C=O) groups excluding carboxylic acids is 1. The van der Waals surface area contributed by atoms with Gasteiger partial charge >= 0.3 is 5.97 Å². The maximum atomic E-state index is 12.5. The summed E-state index contributed by atoms with van der Waals surface area (Å²) in [6.45, 7) is 5.88. The predicted molar refractivity (Wildman–Crippen MR) is 103 cm³/mol. The van der Waals surface area contributed by atoms with Gasteiger partial charge in [-0.3, -0.25) is 0 Å².